The Kier molecular flexibility index (Phi) is 4.46. The minimum Gasteiger partial charge on any atom is -0.375 e. The van der Waals surface area contributed by atoms with Crippen LogP contribution in [-0.4, -0.2) is 45.3 Å². The first kappa shape index (κ1) is 16.2. The van der Waals surface area contributed by atoms with E-state index >= 15 is 0 Å². The maximum absolute atomic E-state index is 10.9. The van der Waals surface area contributed by atoms with Gasteiger partial charge in [-0.25, -0.2) is 0 Å². The number of morpholine rings is 1. The molecule has 1 aliphatic heterocycles. The Bertz CT molecular complexity index is 761. The maximum Gasteiger partial charge on any atom is 0.270 e. The van der Waals surface area contributed by atoms with Crippen molar-refractivity contribution in [1.82, 2.24) is 15.0 Å². The van der Waals surface area contributed by atoms with Crippen LogP contribution in [0.1, 0.15) is 31.6 Å². The van der Waals surface area contributed by atoms with E-state index in [9.17, 15) is 10.1 Å². The lowest BCUT2D eigenvalue weighted by Gasteiger charge is -2.43. The van der Waals surface area contributed by atoms with E-state index in [0.29, 0.717) is 36.0 Å². The van der Waals surface area contributed by atoms with Crippen LogP contribution in [0, 0.1) is 10.1 Å². The summed E-state index contributed by atoms with van der Waals surface area (Å²) in [4.78, 5) is 17.3. The van der Waals surface area contributed by atoms with E-state index in [2.05, 4.69) is 15.0 Å². The van der Waals surface area contributed by atoms with Gasteiger partial charge in [-0.3, -0.25) is 15.0 Å². The van der Waals surface area contributed by atoms with Crippen molar-refractivity contribution in [2.75, 3.05) is 13.2 Å². The minimum atomic E-state index is -0.429. The number of non-ortho nitro benzene ring substituents is 1. The van der Waals surface area contributed by atoms with Crippen LogP contribution in [0.5, 0.6) is 0 Å². The fourth-order valence-corrected chi connectivity index (χ4v) is 3.74. The SMILES string of the molecule is O=[N+]([O-])c1cccc(-c2noc(CN3CCOC4CCCCC43)n2)c1. The zero-order chi connectivity index (χ0) is 17.2. The Hall–Kier alpha value is -2.32. The fourth-order valence-electron chi connectivity index (χ4n) is 3.74. The molecule has 1 saturated heterocycles. The zero-order valence-electron chi connectivity index (χ0n) is 13.8. The van der Waals surface area contributed by atoms with Crippen molar-refractivity contribution in [2.24, 2.45) is 0 Å². The molecule has 1 saturated carbocycles. The molecule has 0 amide bonds. The summed E-state index contributed by atoms with van der Waals surface area (Å²) in [6.07, 6.45) is 5.01. The summed E-state index contributed by atoms with van der Waals surface area (Å²) in [6, 6.07) is 6.68. The van der Waals surface area contributed by atoms with Crippen LogP contribution >= 0.6 is 0 Å². The molecule has 0 radical (unpaired) electrons. The Morgan fingerprint density at radius 2 is 2.20 bits per heavy atom. The van der Waals surface area contributed by atoms with Gasteiger partial charge in [-0.1, -0.05) is 30.1 Å². The van der Waals surface area contributed by atoms with E-state index in [1.54, 1.807) is 12.1 Å². The number of nitro groups is 1. The van der Waals surface area contributed by atoms with Gasteiger partial charge in [0.1, 0.15) is 0 Å². The van der Waals surface area contributed by atoms with Gasteiger partial charge in [0.25, 0.3) is 5.69 Å². The third-order valence-electron chi connectivity index (χ3n) is 4.97. The molecule has 1 aromatic carbocycles. The standard InChI is InChI=1S/C17H20N4O4/c22-21(23)13-5-3-4-12(10-13)17-18-16(25-19-17)11-20-8-9-24-15-7-2-1-6-14(15)20/h3-5,10,14-15H,1-2,6-9,11H2. The van der Waals surface area contributed by atoms with Crippen LogP contribution in [0.4, 0.5) is 5.69 Å². The van der Waals surface area contributed by atoms with Crippen molar-refractivity contribution in [3.05, 3.63) is 40.3 Å². The summed E-state index contributed by atoms with van der Waals surface area (Å²) < 4.78 is 11.3. The van der Waals surface area contributed by atoms with Gasteiger partial charge in [-0.15, -0.1) is 0 Å². The predicted molar refractivity (Wildman–Crippen MR) is 88.8 cm³/mol. The third-order valence-corrected chi connectivity index (χ3v) is 4.97. The topological polar surface area (TPSA) is 94.5 Å². The van der Waals surface area contributed by atoms with Crippen LogP contribution in [-0.2, 0) is 11.3 Å². The van der Waals surface area contributed by atoms with Gasteiger partial charge in [-0.05, 0) is 12.8 Å². The van der Waals surface area contributed by atoms with E-state index < -0.39 is 4.92 Å². The van der Waals surface area contributed by atoms with E-state index in [4.69, 9.17) is 9.26 Å². The molecule has 0 spiro atoms. The summed E-state index contributed by atoms with van der Waals surface area (Å²) in [5.74, 6) is 0.917. The largest absolute Gasteiger partial charge is 0.375 e. The quantitative estimate of drug-likeness (QED) is 0.621. The van der Waals surface area contributed by atoms with Gasteiger partial charge in [-0.2, -0.15) is 4.98 Å². The van der Waals surface area contributed by atoms with Gasteiger partial charge >= 0.3 is 0 Å². The van der Waals surface area contributed by atoms with Crippen LogP contribution in [0.3, 0.4) is 0 Å². The molecule has 4 rings (SSSR count). The molecular formula is C17H20N4O4. The molecule has 2 aliphatic rings. The Labute approximate surface area is 144 Å². The number of fused-ring (bicyclic) bond motifs is 1. The third kappa shape index (κ3) is 3.40. The number of rotatable bonds is 4. The van der Waals surface area contributed by atoms with Gasteiger partial charge in [0.2, 0.25) is 11.7 Å². The summed E-state index contributed by atoms with van der Waals surface area (Å²) in [7, 11) is 0. The molecule has 8 heteroatoms. The molecule has 132 valence electrons. The monoisotopic (exact) mass is 344 g/mol. The molecule has 0 bridgehead atoms. The lowest BCUT2D eigenvalue weighted by Crippen LogP contribution is -2.52. The van der Waals surface area contributed by atoms with Crippen molar-refractivity contribution < 1.29 is 14.2 Å². The molecule has 2 atom stereocenters. The highest BCUT2D eigenvalue weighted by Gasteiger charge is 2.34. The van der Waals surface area contributed by atoms with E-state index in [1.165, 1.54) is 25.0 Å². The number of ether oxygens (including phenoxy) is 1. The lowest BCUT2D eigenvalue weighted by atomic mass is 9.90. The molecule has 1 aromatic heterocycles. The average Bonchev–Trinajstić information content (AvgIpc) is 3.11. The highest BCUT2D eigenvalue weighted by Crippen LogP contribution is 2.29. The Morgan fingerprint density at radius 3 is 3.08 bits per heavy atom. The Morgan fingerprint density at radius 1 is 1.32 bits per heavy atom. The van der Waals surface area contributed by atoms with Crippen molar-refractivity contribution in [1.29, 1.82) is 0 Å². The van der Waals surface area contributed by atoms with Crippen LogP contribution < -0.4 is 0 Å². The minimum absolute atomic E-state index is 0.0158. The molecule has 2 fully saturated rings. The molecule has 2 aromatic rings. The first-order valence-corrected chi connectivity index (χ1v) is 8.64. The molecule has 1 aliphatic carbocycles. The molecule has 0 N–H and O–H groups in total. The summed E-state index contributed by atoms with van der Waals surface area (Å²) in [5.41, 5.74) is 0.601. The summed E-state index contributed by atoms with van der Waals surface area (Å²) >= 11 is 0. The van der Waals surface area contributed by atoms with Gasteiger partial charge in [0, 0.05) is 30.3 Å². The Balaban J connectivity index is 1.49. The van der Waals surface area contributed by atoms with Crippen molar-refractivity contribution >= 4 is 5.69 Å². The van der Waals surface area contributed by atoms with Crippen LogP contribution in [0.2, 0.25) is 0 Å². The number of nitrogens with zero attached hydrogens (tertiary/aromatic N) is 4. The predicted octanol–water partition coefficient (Wildman–Crippen LogP) is 2.79. The normalized spacial score (nSPS) is 24.0. The molecular weight excluding hydrogens is 324 g/mol. The molecule has 2 unspecified atom stereocenters. The van der Waals surface area contributed by atoms with Gasteiger partial charge in [0.15, 0.2) is 0 Å². The second-order valence-corrected chi connectivity index (χ2v) is 6.55. The lowest BCUT2D eigenvalue weighted by molar-refractivity contribution is -0.384. The number of nitro benzene ring substituents is 1. The smallest absolute Gasteiger partial charge is 0.270 e. The van der Waals surface area contributed by atoms with Gasteiger partial charge < -0.3 is 9.26 Å². The first-order chi connectivity index (χ1) is 12.2. The van der Waals surface area contributed by atoms with Crippen molar-refractivity contribution in [3.8, 4) is 11.4 Å². The number of benzene rings is 1. The number of hydrogen-bond acceptors (Lipinski definition) is 7. The van der Waals surface area contributed by atoms with Crippen molar-refractivity contribution in [3.63, 3.8) is 0 Å². The fraction of sp³-hybridized carbons (Fsp3) is 0.529. The highest BCUT2D eigenvalue weighted by molar-refractivity contribution is 5.58. The van der Waals surface area contributed by atoms with E-state index in [0.717, 1.165) is 26.0 Å². The first-order valence-electron chi connectivity index (χ1n) is 8.64. The summed E-state index contributed by atoms with van der Waals surface area (Å²) in [6.45, 7) is 2.18. The van der Waals surface area contributed by atoms with Crippen LogP contribution in [0.15, 0.2) is 28.8 Å². The van der Waals surface area contributed by atoms with Crippen molar-refractivity contribution in [2.45, 2.75) is 44.4 Å². The maximum atomic E-state index is 10.9. The highest BCUT2D eigenvalue weighted by atomic mass is 16.6. The van der Waals surface area contributed by atoms with E-state index in [-0.39, 0.29) is 5.69 Å². The zero-order valence-corrected chi connectivity index (χ0v) is 13.8. The average molecular weight is 344 g/mol. The summed E-state index contributed by atoms with van der Waals surface area (Å²) in [5, 5.41) is 14.9. The molecule has 25 heavy (non-hydrogen) atoms. The molecule has 8 nitrogen and oxygen atoms in total. The molecule has 2 heterocycles. The van der Waals surface area contributed by atoms with Gasteiger partial charge in [0.05, 0.1) is 24.2 Å². The second kappa shape index (κ2) is 6.89. The van der Waals surface area contributed by atoms with E-state index in [1.807, 2.05) is 0 Å². The van der Waals surface area contributed by atoms with Crippen LogP contribution in [0.25, 0.3) is 11.4 Å². The number of aromatic nitrogens is 2. The number of hydrogen-bond donors (Lipinski definition) is 0. The second-order valence-electron chi connectivity index (χ2n) is 6.55.